The molecule has 2 saturated heterocycles. The number of fused-ring (bicyclic) bond motifs is 1. The lowest BCUT2D eigenvalue weighted by atomic mass is 9.93. The van der Waals surface area contributed by atoms with Gasteiger partial charge in [0.25, 0.3) is 0 Å². The molecule has 0 unspecified atom stereocenters. The first-order valence-corrected chi connectivity index (χ1v) is 20.9. The average molecular weight is 876 g/mol. The lowest BCUT2D eigenvalue weighted by molar-refractivity contribution is -0.146. The number of rotatable bonds is 14. The fraction of sp³-hybridized carbons (Fsp3) is 0.319. The van der Waals surface area contributed by atoms with Gasteiger partial charge >= 0.3 is 11.9 Å². The number of halogens is 1. The van der Waals surface area contributed by atoms with Gasteiger partial charge in [0.2, 0.25) is 17.7 Å². The summed E-state index contributed by atoms with van der Waals surface area (Å²) < 4.78 is 10.6. The molecule has 2 aliphatic rings. The Morgan fingerprint density at radius 3 is 1.80 bits per heavy atom. The van der Waals surface area contributed by atoms with Crippen molar-refractivity contribution in [2.75, 3.05) is 32.6 Å². The third-order valence-corrected chi connectivity index (χ3v) is 12.4. The molecule has 0 radical (unpaired) electrons. The maximum Gasteiger partial charge on any atom is 0.306 e. The molecule has 2 N–H and O–H groups in total. The van der Waals surface area contributed by atoms with Crippen molar-refractivity contribution in [1.82, 2.24) is 14.8 Å². The molecule has 60 heavy (non-hydrogen) atoms. The first kappa shape index (κ1) is 42.1. The van der Waals surface area contributed by atoms with Crippen molar-refractivity contribution in [2.45, 2.75) is 68.9 Å². The van der Waals surface area contributed by atoms with Crippen LogP contribution in [0.25, 0.3) is 22.2 Å². The number of nitrogens with zero attached hydrogens (tertiary/aromatic N) is 2. The second-order valence-corrected chi connectivity index (χ2v) is 16.1. The number of methoxy groups -OCH3 is 2. The fourth-order valence-corrected chi connectivity index (χ4v) is 9.07. The summed E-state index contributed by atoms with van der Waals surface area (Å²) in [6, 6.07) is 30.2. The van der Waals surface area contributed by atoms with Crippen LogP contribution in [0.4, 0.5) is 5.69 Å². The summed E-state index contributed by atoms with van der Waals surface area (Å²) in [4.78, 5) is 86.4. The minimum Gasteiger partial charge on any atom is -0.469 e. The second-order valence-electron chi connectivity index (χ2n) is 15.3. The Morgan fingerprint density at radius 2 is 1.25 bits per heavy atom. The fourth-order valence-electron chi connectivity index (χ4n) is 8.41. The van der Waals surface area contributed by atoms with Gasteiger partial charge in [0, 0.05) is 36.1 Å². The highest BCUT2D eigenvalue weighted by atomic mass is 79.9. The molecule has 0 bridgehead atoms. The lowest BCUT2D eigenvalue weighted by Crippen LogP contribution is -2.45. The van der Waals surface area contributed by atoms with Gasteiger partial charge in [-0.25, -0.2) is 0 Å². The predicted octanol–water partition coefficient (Wildman–Crippen LogP) is 7.32. The third kappa shape index (κ3) is 9.21. The van der Waals surface area contributed by atoms with E-state index in [0.717, 1.165) is 32.2 Å². The highest BCUT2D eigenvalue weighted by Gasteiger charge is 2.40. The van der Waals surface area contributed by atoms with Crippen molar-refractivity contribution in [3.05, 3.63) is 124 Å². The number of carbonyl (C=O) groups is 6. The van der Waals surface area contributed by atoms with Crippen LogP contribution in [0, 0.1) is 0 Å². The standard InChI is InChI=1S/C47H47BrN4O8/c1-59-41(54)27-34(30-11-5-3-6-12-30)46(57)51-23-9-15-38(51)40(53)26-29-17-22-37-36(25-29)43(48)44(50-37)32-18-20-33(21-19-32)49-45(56)39-16-10-24-52(39)47(58)35(28-42(55)60-2)31-13-7-4-8-14-31/h3-8,11-14,17-22,25,34-35,38-39,50H,9-10,15-16,23-24,26-28H2,1-2H3,(H,49,56)/t34-,35-,38+,39+/m1/s1. The number of hydrogen-bond donors (Lipinski definition) is 2. The number of likely N-dealkylation sites (tertiary alicyclic amines) is 2. The van der Waals surface area contributed by atoms with Gasteiger partial charge in [0.05, 0.1) is 55.1 Å². The summed E-state index contributed by atoms with van der Waals surface area (Å²) in [6.07, 6.45) is 2.35. The Morgan fingerprint density at radius 1 is 0.717 bits per heavy atom. The zero-order chi connectivity index (χ0) is 42.3. The maximum absolute atomic E-state index is 13.9. The highest BCUT2D eigenvalue weighted by molar-refractivity contribution is 9.10. The molecule has 0 aliphatic carbocycles. The molecule has 0 spiro atoms. The molecule has 2 fully saturated rings. The largest absolute Gasteiger partial charge is 0.469 e. The van der Waals surface area contributed by atoms with Gasteiger partial charge in [-0.05, 0) is 88.1 Å². The van der Waals surface area contributed by atoms with Gasteiger partial charge in [-0.2, -0.15) is 0 Å². The normalized spacial score (nSPS) is 17.2. The quantitative estimate of drug-likeness (QED) is 0.110. The molecule has 310 valence electrons. The summed E-state index contributed by atoms with van der Waals surface area (Å²) in [5.41, 5.74) is 5.33. The number of benzene rings is 4. The summed E-state index contributed by atoms with van der Waals surface area (Å²) in [5, 5.41) is 3.87. The van der Waals surface area contributed by atoms with Crippen LogP contribution in [0.5, 0.6) is 0 Å². The van der Waals surface area contributed by atoms with Crippen molar-refractivity contribution in [1.29, 1.82) is 0 Å². The van der Waals surface area contributed by atoms with E-state index in [1.54, 1.807) is 21.9 Å². The Kier molecular flexibility index (Phi) is 13.2. The van der Waals surface area contributed by atoms with Crippen molar-refractivity contribution in [2.24, 2.45) is 0 Å². The third-order valence-electron chi connectivity index (χ3n) is 11.6. The highest BCUT2D eigenvalue weighted by Crippen LogP contribution is 2.37. The Bertz CT molecular complexity index is 2380. The summed E-state index contributed by atoms with van der Waals surface area (Å²) >= 11 is 3.78. The van der Waals surface area contributed by atoms with E-state index in [0.29, 0.717) is 55.6 Å². The van der Waals surface area contributed by atoms with E-state index < -0.39 is 35.9 Å². The van der Waals surface area contributed by atoms with Crippen LogP contribution in [-0.2, 0) is 44.7 Å². The van der Waals surface area contributed by atoms with Gasteiger partial charge in [0.15, 0.2) is 5.78 Å². The number of esters is 2. The van der Waals surface area contributed by atoms with Crippen molar-refractivity contribution in [3.8, 4) is 11.3 Å². The predicted molar refractivity (Wildman–Crippen MR) is 230 cm³/mol. The minimum atomic E-state index is -0.760. The van der Waals surface area contributed by atoms with Crippen LogP contribution in [0.15, 0.2) is 108 Å². The van der Waals surface area contributed by atoms with E-state index in [-0.39, 0.29) is 42.8 Å². The number of anilines is 1. The van der Waals surface area contributed by atoms with Gasteiger partial charge in [-0.1, -0.05) is 78.9 Å². The number of aromatic nitrogens is 1. The molecule has 13 heteroatoms. The van der Waals surface area contributed by atoms with Gasteiger partial charge < -0.3 is 29.6 Å². The molecule has 4 aromatic carbocycles. The first-order valence-electron chi connectivity index (χ1n) is 20.1. The number of hydrogen-bond acceptors (Lipinski definition) is 8. The van der Waals surface area contributed by atoms with Gasteiger partial charge in [0.1, 0.15) is 6.04 Å². The van der Waals surface area contributed by atoms with Crippen molar-refractivity contribution < 1.29 is 38.2 Å². The number of carbonyl (C=O) groups excluding carboxylic acids is 6. The molecule has 2 aliphatic heterocycles. The Labute approximate surface area is 356 Å². The molecule has 4 atom stereocenters. The maximum atomic E-state index is 13.9. The molecule has 3 amide bonds. The number of amides is 3. The van der Waals surface area contributed by atoms with E-state index in [1.165, 1.54) is 14.2 Å². The Balaban J connectivity index is 1.01. The number of Topliss-reactive ketones (excluding diaryl/α,β-unsaturated/α-hetero) is 1. The molecular formula is C47H47BrN4O8. The number of H-pyrrole nitrogens is 1. The van der Waals surface area contributed by atoms with E-state index in [4.69, 9.17) is 9.47 Å². The average Bonchev–Trinajstić information content (AvgIpc) is 4.05. The zero-order valence-electron chi connectivity index (χ0n) is 33.5. The molecule has 5 aromatic rings. The van der Waals surface area contributed by atoms with Gasteiger partial charge in [-0.15, -0.1) is 0 Å². The molecular weight excluding hydrogens is 828 g/mol. The SMILES string of the molecule is COC(=O)C[C@@H](C(=O)N1CCC[C@H]1C(=O)Cc1ccc2[nH]c(-c3ccc(NC(=O)[C@@H]4CCCN4C(=O)[C@H](CC(=O)OC)c4ccccc4)cc3)c(Br)c2c1)c1ccccc1. The van der Waals surface area contributed by atoms with Gasteiger partial charge in [-0.3, -0.25) is 28.8 Å². The first-order chi connectivity index (χ1) is 29.1. The minimum absolute atomic E-state index is 0.0584. The lowest BCUT2D eigenvalue weighted by Gasteiger charge is -2.28. The molecule has 7 rings (SSSR count). The van der Waals surface area contributed by atoms with Crippen LogP contribution >= 0.6 is 15.9 Å². The smallest absolute Gasteiger partial charge is 0.306 e. The Hall–Kier alpha value is -6.08. The molecule has 12 nitrogen and oxygen atoms in total. The van der Waals surface area contributed by atoms with Crippen LogP contribution in [-0.4, -0.2) is 89.6 Å². The van der Waals surface area contributed by atoms with E-state index in [9.17, 15) is 28.8 Å². The number of ether oxygens (including phenoxy) is 2. The van der Waals surface area contributed by atoms with Crippen LogP contribution in [0.1, 0.15) is 67.1 Å². The zero-order valence-corrected chi connectivity index (χ0v) is 35.1. The topological polar surface area (TPSA) is 155 Å². The summed E-state index contributed by atoms with van der Waals surface area (Å²) in [7, 11) is 2.59. The summed E-state index contributed by atoms with van der Waals surface area (Å²) in [5.74, 6) is -3.37. The second kappa shape index (κ2) is 18.9. The van der Waals surface area contributed by atoms with E-state index in [2.05, 4.69) is 26.2 Å². The van der Waals surface area contributed by atoms with Crippen molar-refractivity contribution >= 4 is 68.0 Å². The van der Waals surface area contributed by atoms with E-state index in [1.807, 2.05) is 91.0 Å². The molecule has 1 aromatic heterocycles. The van der Waals surface area contributed by atoms with Crippen LogP contribution in [0.3, 0.4) is 0 Å². The van der Waals surface area contributed by atoms with Crippen LogP contribution < -0.4 is 5.32 Å². The molecule has 0 saturated carbocycles. The molecule has 3 heterocycles. The van der Waals surface area contributed by atoms with E-state index >= 15 is 0 Å². The number of ketones is 1. The number of aromatic amines is 1. The van der Waals surface area contributed by atoms with Crippen LogP contribution in [0.2, 0.25) is 0 Å². The van der Waals surface area contributed by atoms with Crippen molar-refractivity contribution in [3.63, 3.8) is 0 Å². The number of nitrogens with one attached hydrogen (secondary N) is 2. The summed E-state index contributed by atoms with van der Waals surface area (Å²) in [6.45, 7) is 0.858. The monoisotopic (exact) mass is 874 g/mol.